The van der Waals surface area contributed by atoms with Gasteiger partial charge in [0.2, 0.25) is 0 Å². The average Bonchev–Trinajstić information content (AvgIpc) is 2.57. The molecule has 126 valence electrons. The van der Waals surface area contributed by atoms with Crippen molar-refractivity contribution >= 4 is 23.3 Å². The maximum Gasteiger partial charge on any atom is 0.307 e. The first-order chi connectivity index (χ1) is 11.6. The summed E-state index contributed by atoms with van der Waals surface area (Å²) in [4.78, 5) is 15.5. The zero-order chi connectivity index (χ0) is 16.9. The molecule has 0 aliphatic carbocycles. The van der Waals surface area contributed by atoms with Gasteiger partial charge >= 0.3 is 5.97 Å². The third-order valence-electron chi connectivity index (χ3n) is 4.33. The van der Waals surface area contributed by atoms with Crippen molar-refractivity contribution in [1.29, 1.82) is 0 Å². The van der Waals surface area contributed by atoms with Crippen molar-refractivity contribution in [3.05, 3.63) is 64.7 Å². The highest BCUT2D eigenvalue weighted by molar-refractivity contribution is 6.30. The minimum Gasteiger partial charge on any atom is -0.481 e. The number of anilines is 1. The van der Waals surface area contributed by atoms with Crippen molar-refractivity contribution in [2.75, 3.05) is 31.1 Å². The number of carboxylic acids is 1. The third-order valence-corrected chi connectivity index (χ3v) is 4.57. The normalized spacial score (nSPS) is 15.5. The SMILES string of the molecule is O=C(O)Cc1ccc(CN2CCN(c3cccc(Cl)c3)CC2)cc1. The van der Waals surface area contributed by atoms with E-state index in [0.29, 0.717) is 0 Å². The Morgan fingerprint density at radius 2 is 1.67 bits per heavy atom. The predicted molar refractivity (Wildman–Crippen MR) is 96.7 cm³/mol. The van der Waals surface area contributed by atoms with Gasteiger partial charge in [0.1, 0.15) is 0 Å². The van der Waals surface area contributed by atoms with Gasteiger partial charge in [0, 0.05) is 43.4 Å². The van der Waals surface area contributed by atoms with Crippen LogP contribution in [-0.4, -0.2) is 42.2 Å². The van der Waals surface area contributed by atoms with Crippen LogP contribution < -0.4 is 4.90 Å². The van der Waals surface area contributed by atoms with Gasteiger partial charge in [-0.15, -0.1) is 0 Å². The monoisotopic (exact) mass is 344 g/mol. The fourth-order valence-electron chi connectivity index (χ4n) is 3.03. The molecule has 0 atom stereocenters. The van der Waals surface area contributed by atoms with Crippen LogP contribution >= 0.6 is 11.6 Å². The van der Waals surface area contributed by atoms with Gasteiger partial charge in [0.05, 0.1) is 6.42 Å². The Morgan fingerprint density at radius 1 is 1.00 bits per heavy atom. The smallest absolute Gasteiger partial charge is 0.307 e. The van der Waals surface area contributed by atoms with Crippen molar-refractivity contribution in [2.45, 2.75) is 13.0 Å². The molecule has 0 aromatic heterocycles. The van der Waals surface area contributed by atoms with Crippen molar-refractivity contribution < 1.29 is 9.90 Å². The molecule has 1 fully saturated rings. The third kappa shape index (κ3) is 4.49. The van der Waals surface area contributed by atoms with Crippen molar-refractivity contribution in [2.24, 2.45) is 0 Å². The van der Waals surface area contributed by atoms with Crippen LogP contribution in [-0.2, 0) is 17.8 Å². The van der Waals surface area contributed by atoms with E-state index in [1.165, 1.54) is 11.3 Å². The maximum atomic E-state index is 10.7. The molecule has 0 unspecified atom stereocenters. The number of hydrogen-bond acceptors (Lipinski definition) is 3. The highest BCUT2D eigenvalue weighted by Gasteiger charge is 2.17. The summed E-state index contributed by atoms with van der Waals surface area (Å²) in [6.45, 7) is 4.87. The first-order valence-corrected chi connectivity index (χ1v) is 8.50. The Morgan fingerprint density at radius 3 is 2.29 bits per heavy atom. The van der Waals surface area contributed by atoms with Crippen molar-refractivity contribution in [1.82, 2.24) is 4.90 Å². The predicted octanol–water partition coefficient (Wildman–Crippen LogP) is 3.29. The van der Waals surface area contributed by atoms with Gasteiger partial charge in [-0.2, -0.15) is 0 Å². The zero-order valence-electron chi connectivity index (χ0n) is 13.5. The van der Waals surface area contributed by atoms with E-state index >= 15 is 0 Å². The number of rotatable bonds is 5. The molecule has 1 aliphatic heterocycles. The van der Waals surface area contributed by atoms with Crippen LogP contribution in [0.4, 0.5) is 5.69 Å². The molecule has 0 radical (unpaired) electrons. The van der Waals surface area contributed by atoms with Gasteiger partial charge in [0.15, 0.2) is 0 Å². The number of carboxylic acid groups (broad SMARTS) is 1. The first-order valence-electron chi connectivity index (χ1n) is 8.12. The van der Waals surface area contributed by atoms with E-state index in [9.17, 15) is 4.79 Å². The van der Waals surface area contributed by atoms with Crippen LogP contribution in [0.3, 0.4) is 0 Å². The summed E-state index contributed by atoms with van der Waals surface area (Å²) in [5, 5.41) is 9.59. The highest BCUT2D eigenvalue weighted by Crippen LogP contribution is 2.21. The Kier molecular flexibility index (Phi) is 5.38. The van der Waals surface area contributed by atoms with Gasteiger partial charge in [-0.1, -0.05) is 41.9 Å². The van der Waals surface area contributed by atoms with Crippen LogP contribution in [0.2, 0.25) is 5.02 Å². The molecular formula is C19H21ClN2O2. The summed E-state index contributed by atoms with van der Waals surface area (Å²) in [5.41, 5.74) is 3.25. The number of benzene rings is 2. The lowest BCUT2D eigenvalue weighted by Crippen LogP contribution is -2.45. The summed E-state index contributed by atoms with van der Waals surface area (Å²) in [6, 6.07) is 15.9. The molecule has 3 rings (SSSR count). The Bertz CT molecular complexity index is 695. The summed E-state index contributed by atoms with van der Waals surface area (Å²) >= 11 is 6.07. The molecule has 5 heteroatoms. The van der Waals surface area contributed by atoms with E-state index in [-0.39, 0.29) is 6.42 Å². The minimum atomic E-state index is -0.792. The Hall–Kier alpha value is -2.04. The second-order valence-corrected chi connectivity index (χ2v) is 6.57. The lowest BCUT2D eigenvalue weighted by atomic mass is 10.1. The fourth-order valence-corrected chi connectivity index (χ4v) is 3.22. The van der Waals surface area contributed by atoms with E-state index in [2.05, 4.69) is 15.9 Å². The van der Waals surface area contributed by atoms with Gasteiger partial charge < -0.3 is 10.0 Å². The molecule has 0 amide bonds. The number of halogens is 1. The molecule has 1 heterocycles. The fraction of sp³-hybridized carbons (Fsp3) is 0.316. The lowest BCUT2D eigenvalue weighted by molar-refractivity contribution is -0.136. The van der Waals surface area contributed by atoms with E-state index in [4.69, 9.17) is 16.7 Å². The van der Waals surface area contributed by atoms with Crippen LogP contribution in [0.25, 0.3) is 0 Å². The van der Waals surface area contributed by atoms with E-state index < -0.39 is 5.97 Å². The van der Waals surface area contributed by atoms with Gasteiger partial charge in [0.25, 0.3) is 0 Å². The highest BCUT2D eigenvalue weighted by atomic mass is 35.5. The molecule has 1 N–H and O–H groups in total. The topological polar surface area (TPSA) is 43.8 Å². The van der Waals surface area contributed by atoms with Gasteiger partial charge in [-0.25, -0.2) is 0 Å². The molecule has 24 heavy (non-hydrogen) atoms. The second-order valence-electron chi connectivity index (χ2n) is 6.13. The summed E-state index contributed by atoms with van der Waals surface area (Å²) in [6.07, 6.45) is 0.0819. The van der Waals surface area contributed by atoms with Crippen molar-refractivity contribution in [3.8, 4) is 0 Å². The molecule has 1 saturated heterocycles. The molecule has 1 aliphatic rings. The average molecular weight is 345 g/mol. The molecule has 0 bridgehead atoms. The number of piperazine rings is 1. The second kappa shape index (κ2) is 7.69. The van der Waals surface area contributed by atoms with Crippen LogP contribution in [0.5, 0.6) is 0 Å². The summed E-state index contributed by atoms with van der Waals surface area (Å²) in [7, 11) is 0. The molecule has 4 nitrogen and oxygen atoms in total. The van der Waals surface area contributed by atoms with Crippen LogP contribution in [0, 0.1) is 0 Å². The minimum absolute atomic E-state index is 0.0819. The molecule has 0 saturated carbocycles. The summed E-state index contributed by atoms with van der Waals surface area (Å²) < 4.78 is 0. The van der Waals surface area contributed by atoms with Gasteiger partial charge in [-0.05, 0) is 29.3 Å². The first kappa shape index (κ1) is 16.8. The van der Waals surface area contributed by atoms with Crippen LogP contribution in [0.1, 0.15) is 11.1 Å². The zero-order valence-corrected chi connectivity index (χ0v) is 14.2. The number of carbonyl (C=O) groups is 1. The Balaban J connectivity index is 1.52. The van der Waals surface area contributed by atoms with Crippen molar-refractivity contribution in [3.63, 3.8) is 0 Å². The number of aliphatic carboxylic acids is 1. The number of nitrogens with zero attached hydrogens (tertiary/aromatic N) is 2. The quantitative estimate of drug-likeness (QED) is 0.904. The van der Waals surface area contributed by atoms with E-state index in [1.54, 1.807) is 0 Å². The van der Waals surface area contributed by atoms with Gasteiger partial charge in [-0.3, -0.25) is 9.69 Å². The van der Waals surface area contributed by atoms with Crippen LogP contribution in [0.15, 0.2) is 48.5 Å². The molecule has 2 aromatic carbocycles. The van der Waals surface area contributed by atoms with E-state index in [0.717, 1.165) is 43.3 Å². The summed E-state index contributed by atoms with van der Waals surface area (Å²) in [5.74, 6) is -0.792. The molecular weight excluding hydrogens is 324 g/mol. The number of hydrogen-bond donors (Lipinski definition) is 1. The molecule has 0 spiro atoms. The Labute approximate surface area is 147 Å². The lowest BCUT2D eigenvalue weighted by Gasteiger charge is -2.36. The molecule has 2 aromatic rings. The van der Waals surface area contributed by atoms with E-state index in [1.807, 2.05) is 42.5 Å². The standard InChI is InChI=1S/C19H21ClN2O2/c20-17-2-1-3-18(13-17)22-10-8-21(9-11-22)14-16-6-4-15(5-7-16)12-19(23)24/h1-7,13H,8-12,14H2,(H,23,24). The largest absolute Gasteiger partial charge is 0.481 e. The maximum absolute atomic E-state index is 10.7.